The summed E-state index contributed by atoms with van der Waals surface area (Å²) in [5.41, 5.74) is 2.63. The van der Waals surface area contributed by atoms with Crippen LogP contribution in [0, 0.1) is 0 Å². The Kier molecular flexibility index (Phi) is 3.67. The van der Waals surface area contributed by atoms with Crippen LogP contribution in [0.3, 0.4) is 0 Å². The predicted molar refractivity (Wildman–Crippen MR) is 92.2 cm³/mol. The zero-order valence-electron chi connectivity index (χ0n) is 13.1. The van der Waals surface area contributed by atoms with E-state index in [1.54, 1.807) is 13.3 Å². The first-order valence-corrected chi connectivity index (χ1v) is 7.59. The summed E-state index contributed by atoms with van der Waals surface area (Å²) in [7, 11) is 1.62. The van der Waals surface area contributed by atoms with Crippen molar-refractivity contribution in [3.05, 3.63) is 66.7 Å². The van der Waals surface area contributed by atoms with Gasteiger partial charge in [-0.3, -0.25) is 0 Å². The molecule has 0 amide bonds. The summed E-state index contributed by atoms with van der Waals surface area (Å²) in [6.07, 6.45) is 3.27. The molecule has 0 N–H and O–H groups in total. The summed E-state index contributed by atoms with van der Waals surface area (Å²) >= 11 is 0. The maximum absolute atomic E-state index is 5.92. The minimum absolute atomic E-state index is 0.359. The molecule has 24 heavy (non-hydrogen) atoms. The number of methoxy groups -OCH3 is 1. The second-order valence-electron chi connectivity index (χ2n) is 5.37. The lowest BCUT2D eigenvalue weighted by Crippen LogP contribution is -2.00. The third-order valence-corrected chi connectivity index (χ3v) is 3.82. The topological polar surface area (TPSA) is 57.1 Å². The lowest BCUT2D eigenvalue weighted by Gasteiger charge is -2.11. The minimum atomic E-state index is 0.359. The number of hydrogen-bond acceptors (Lipinski definition) is 5. The average Bonchev–Trinajstić information content (AvgIpc) is 2.65. The number of nitrogens with zero attached hydrogens (tertiary/aromatic N) is 3. The van der Waals surface area contributed by atoms with Gasteiger partial charge in [0.05, 0.1) is 23.8 Å². The van der Waals surface area contributed by atoms with Crippen LogP contribution < -0.4 is 9.47 Å². The minimum Gasteiger partial charge on any atom is -0.493 e. The van der Waals surface area contributed by atoms with Gasteiger partial charge in [-0.1, -0.05) is 24.3 Å². The van der Waals surface area contributed by atoms with Gasteiger partial charge >= 0.3 is 0 Å². The smallest absolute Gasteiger partial charge is 0.163 e. The van der Waals surface area contributed by atoms with Crippen molar-refractivity contribution >= 4 is 21.8 Å². The van der Waals surface area contributed by atoms with Crippen molar-refractivity contribution in [1.82, 2.24) is 15.0 Å². The molecule has 0 aliphatic heterocycles. The second kappa shape index (κ2) is 6.12. The Bertz CT molecular complexity index is 1020. The fourth-order valence-corrected chi connectivity index (χ4v) is 2.60. The van der Waals surface area contributed by atoms with Crippen molar-refractivity contribution in [3.63, 3.8) is 0 Å². The van der Waals surface area contributed by atoms with Crippen LogP contribution in [-0.4, -0.2) is 22.1 Å². The van der Waals surface area contributed by atoms with Crippen LogP contribution in [0.25, 0.3) is 21.8 Å². The summed E-state index contributed by atoms with van der Waals surface area (Å²) in [4.78, 5) is 12.9. The first kappa shape index (κ1) is 14.4. The predicted octanol–water partition coefficient (Wildman–Crippen LogP) is 3.77. The number of rotatable bonds is 4. The molecular weight excluding hydrogens is 302 g/mol. The number of ether oxygens (including phenoxy) is 2. The number of hydrogen-bond donors (Lipinski definition) is 0. The third-order valence-electron chi connectivity index (χ3n) is 3.82. The molecule has 2 aromatic heterocycles. The second-order valence-corrected chi connectivity index (χ2v) is 5.37. The van der Waals surface area contributed by atoms with Gasteiger partial charge < -0.3 is 9.47 Å². The van der Waals surface area contributed by atoms with Gasteiger partial charge in [0.2, 0.25) is 0 Å². The standard InChI is InChI=1S/C19H15N3O2/c1-23-18-8-14-10-20-12-21-17(14)9-19(18)24-11-15-7-6-13-4-2-3-5-16(13)22-15/h2-10,12H,11H2,1H3. The van der Waals surface area contributed by atoms with E-state index >= 15 is 0 Å². The molecule has 2 heterocycles. The summed E-state index contributed by atoms with van der Waals surface area (Å²) in [5.74, 6) is 1.29. The molecule has 5 nitrogen and oxygen atoms in total. The van der Waals surface area contributed by atoms with E-state index in [2.05, 4.69) is 15.0 Å². The molecule has 0 unspecified atom stereocenters. The van der Waals surface area contributed by atoms with Crippen molar-refractivity contribution in [2.45, 2.75) is 6.61 Å². The summed E-state index contributed by atoms with van der Waals surface area (Å²) < 4.78 is 11.3. The summed E-state index contributed by atoms with van der Waals surface area (Å²) in [6.45, 7) is 0.359. The Balaban J connectivity index is 1.63. The largest absolute Gasteiger partial charge is 0.493 e. The van der Waals surface area contributed by atoms with Gasteiger partial charge in [0, 0.05) is 23.0 Å². The average molecular weight is 317 g/mol. The molecule has 0 aliphatic rings. The molecule has 118 valence electrons. The molecule has 0 saturated carbocycles. The quantitative estimate of drug-likeness (QED) is 0.573. The Morgan fingerprint density at radius 2 is 1.83 bits per heavy atom. The van der Waals surface area contributed by atoms with Crippen molar-refractivity contribution in [3.8, 4) is 11.5 Å². The highest BCUT2D eigenvalue weighted by Gasteiger charge is 2.09. The van der Waals surface area contributed by atoms with Gasteiger partial charge in [-0.2, -0.15) is 0 Å². The lowest BCUT2D eigenvalue weighted by molar-refractivity contribution is 0.281. The van der Waals surface area contributed by atoms with Crippen molar-refractivity contribution in [2.75, 3.05) is 7.11 Å². The fourth-order valence-electron chi connectivity index (χ4n) is 2.60. The highest BCUT2D eigenvalue weighted by Crippen LogP contribution is 2.31. The molecule has 5 heteroatoms. The highest BCUT2D eigenvalue weighted by molar-refractivity contribution is 5.81. The third kappa shape index (κ3) is 2.72. The first-order valence-electron chi connectivity index (χ1n) is 7.59. The molecule has 0 radical (unpaired) electrons. The number of para-hydroxylation sites is 1. The van der Waals surface area contributed by atoms with Gasteiger partial charge in [-0.25, -0.2) is 15.0 Å². The molecule has 0 bridgehead atoms. The molecule has 4 aromatic rings. The molecule has 0 aliphatic carbocycles. The van der Waals surface area contributed by atoms with Crippen molar-refractivity contribution in [2.24, 2.45) is 0 Å². The molecule has 4 rings (SSSR count). The molecule has 0 fully saturated rings. The Hall–Kier alpha value is -3.21. The lowest BCUT2D eigenvalue weighted by atomic mass is 10.2. The molecule has 2 aromatic carbocycles. The number of pyridine rings is 1. The maximum atomic E-state index is 5.92. The first-order chi connectivity index (χ1) is 11.8. The summed E-state index contributed by atoms with van der Waals surface area (Å²) in [5, 5.41) is 2.02. The van der Waals surface area contributed by atoms with E-state index in [0.29, 0.717) is 18.1 Å². The zero-order chi connectivity index (χ0) is 16.4. The van der Waals surface area contributed by atoms with E-state index in [1.807, 2.05) is 48.5 Å². The van der Waals surface area contributed by atoms with Crippen LogP contribution in [0.5, 0.6) is 11.5 Å². The maximum Gasteiger partial charge on any atom is 0.163 e. The van der Waals surface area contributed by atoms with Gasteiger partial charge in [-0.05, 0) is 18.2 Å². The van der Waals surface area contributed by atoms with Gasteiger partial charge in [0.1, 0.15) is 12.9 Å². The number of aromatic nitrogens is 3. The Labute approximate surface area is 138 Å². The van der Waals surface area contributed by atoms with Gasteiger partial charge in [0.25, 0.3) is 0 Å². The number of benzene rings is 2. The van der Waals surface area contributed by atoms with E-state index < -0.39 is 0 Å². The fraction of sp³-hybridized carbons (Fsp3) is 0.105. The van der Waals surface area contributed by atoms with Crippen LogP contribution in [-0.2, 0) is 6.61 Å². The van der Waals surface area contributed by atoms with E-state index in [9.17, 15) is 0 Å². The van der Waals surface area contributed by atoms with Crippen molar-refractivity contribution < 1.29 is 9.47 Å². The van der Waals surface area contributed by atoms with Gasteiger partial charge in [0.15, 0.2) is 11.5 Å². The van der Waals surface area contributed by atoms with Crippen LogP contribution >= 0.6 is 0 Å². The normalized spacial score (nSPS) is 10.9. The monoisotopic (exact) mass is 317 g/mol. The van der Waals surface area contributed by atoms with E-state index in [1.165, 1.54) is 6.33 Å². The SMILES string of the molecule is COc1cc2cncnc2cc1OCc1ccc2ccccc2n1. The van der Waals surface area contributed by atoms with Gasteiger partial charge in [-0.15, -0.1) is 0 Å². The van der Waals surface area contributed by atoms with Crippen LogP contribution in [0.4, 0.5) is 0 Å². The van der Waals surface area contributed by atoms with E-state index in [4.69, 9.17) is 9.47 Å². The molecule has 0 spiro atoms. The zero-order valence-corrected chi connectivity index (χ0v) is 13.1. The van der Waals surface area contributed by atoms with Crippen LogP contribution in [0.1, 0.15) is 5.69 Å². The van der Waals surface area contributed by atoms with Crippen LogP contribution in [0.2, 0.25) is 0 Å². The molecule has 0 atom stereocenters. The van der Waals surface area contributed by atoms with Crippen molar-refractivity contribution in [1.29, 1.82) is 0 Å². The van der Waals surface area contributed by atoms with E-state index in [-0.39, 0.29) is 0 Å². The Morgan fingerprint density at radius 1 is 0.917 bits per heavy atom. The molecule has 0 saturated heterocycles. The molecular formula is C19H15N3O2. The van der Waals surface area contributed by atoms with E-state index in [0.717, 1.165) is 27.5 Å². The number of fused-ring (bicyclic) bond motifs is 2. The highest BCUT2D eigenvalue weighted by atomic mass is 16.5. The van der Waals surface area contributed by atoms with Crippen LogP contribution in [0.15, 0.2) is 61.1 Å². The summed E-state index contributed by atoms with van der Waals surface area (Å²) in [6, 6.07) is 15.8. The Morgan fingerprint density at radius 3 is 2.75 bits per heavy atom.